The Kier molecular flexibility index (Phi) is 6.56. The van der Waals surface area contributed by atoms with Crippen molar-refractivity contribution in [3.05, 3.63) is 35.9 Å². The fraction of sp³-hybridized carbons (Fsp3) is 0.529. The van der Waals surface area contributed by atoms with E-state index in [0.717, 1.165) is 5.56 Å². The van der Waals surface area contributed by atoms with Crippen LogP contribution < -0.4 is 0 Å². The second-order valence-corrected chi connectivity index (χ2v) is 6.16. The van der Waals surface area contributed by atoms with Crippen molar-refractivity contribution in [3.63, 3.8) is 0 Å². The second kappa shape index (κ2) is 7.94. The van der Waals surface area contributed by atoms with Gasteiger partial charge in [-0.05, 0) is 33.3 Å². The molecule has 0 atom stereocenters. The van der Waals surface area contributed by atoms with Gasteiger partial charge in [0, 0.05) is 25.2 Å². The molecule has 0 fully saturated rings. The number of hydrogen-bond donors (Lipinski definition) is 1. The van der Waals surface area contributed by atoms with Crippen LogP contribution in [0.1, 0.15) is 33.3 Å². The van der Waals surface area contributed by atoms with E-state index in [1.54, 1.807) is 4.90 Å². The Morgan fingerprint density at radius 3 is 2.14 bits per heavy atom. The lowest BCUT2D eigenvalue weighted by molar-refractivity contribution is -0.155. The first kappa shape index (κ1) is 18.2. The topological polar surface area (TPSA) is 60.9 Å². The van der Waals surface area contributed by atoms with E-state index in [9.17, 15) is 14.7 Å². The first-order chi connectivity index (χ1) is 10.3. The number of nitrogens with zero attached hydrogens (tertiary/aromatic N) is 2. The lowest BCUT2D eigenvalue weighted by atomic mass is 10.1. The van der Waals surface area contributed by atoms with E-state index in [-0.39, 0.29) is 13.2 Å². The number of aliphatic hydroxyl groups is 1. The van der Waals surface area contributed by atoms with Crippen molar-refractivity contribution >= 4 is 11.8 Å². The average molecular weight is 306 g/mol. The van der Waals surface area contributed by atoms with Gasteiger partial charge in [0.2, 0.25) is 0 Å². The van der Waals surface area contributed by atoms with Gasteiger partial charge in [-0.25, -0.2) is 0 Å². The first-order valence-corrected chi connectivity index (χ1v) is 7.57. The van der Waals surface area contributed by atoms with Crippen LogP contribution in [0.15, 0.2) is 30.3 Å². The minimum Gasteiger partial charge on any atom is -0.395 e. The minimum absolute atomic E-state index is 0.140. The number of rotatable bonds is 5. The minimum atomic E-state index is -0.574. The summed E-state index contributed by atoms with van der Waals surface area (Å²) in [6.07, 6.45) is 0. The second-order valence-electron chi connectivity index (χ2n) is 6.16. The zero-order valence-electron chi connectivity index (χ0n) is 13.9. The molecule has 5 heteroatoms. The van der Waals surface area contributed by atoms with E-state index in [1.165, 1.54) is 4.90 Å². The Morgan fingerprint density at radius 1 is 1.09 bits per heavy atom. The molecular weight excluding hydrogens is 280 g/mol. The van der Waals surface area contributed by atoms with Crippen LogP contribution in [0.5, 0.6) is 0 Å². The van der Waals surface area contributed by atoms with Gasteiger partial charge in [-0.15, -0.1) is 0 Å². The van der Waals surface area contributed by atoms with E-state index in [1.807, 2.05) is 58.0 Å². The number of aliphatic hydroxyl groups excluding tert-OH is 1. The van der Waals surface area contributed by atoms with E-state index >= 15 is 0 Å². The molecule has 1 N–H and O–H groups in total. The standard InChI is InChI=1S/C17H26N2O3/c1-5-19(17(2,3)4)16(22)15(21)18(11-12-20)13-14-9-7-6-8-10-14/h6-10,20H,5,11-13H2,1-4H3. The summed E-state index contributed by atoms with van der Waals surface area (Å²) in [6, 6.07) is 9.44. The zero-order valence-corrected chi connectivity index (χ0v) is 13.9. The number of benzene rings is 1. The van der Waals surface area contributed by atoms with E-state index in [4.69, 9.17) is 0 Å². The van der Waals surface area contributed by atoms with Crippen molar-refractivity contribution in [2.24, 2.45) is 0 Å². The van der Waals surface area contributed by atoms with E-state index < -0.39 is 17.4 Å². The highest BCUT2D eigenvalue weighted by Crippen LogP contribution is 2.15. The van der Waals surface area contributed by atoms with Crippen LogP contribution in [-0.4, -0.2) is 52.0 Å². The molecule has 22 heavy (non-hydrogen) atoms. The van der Waals surface area contributed by atoms with Crippen molar-refractivity contribution in [2.75, 3.05) is 19.7 Å². The summed E-state index contributed by atoms with van der Waals surface area (Å²) in [5.41, 5.74) is 0.509. The summed E-state index contributed by atoms with van der Waals surface area (Å²) in [6.45, 7) is 8.29. The summed E-state index contributed by atoms with van der Waals surface area (Å²) in [4.78, 5) is 27.9. The van der Waals surface area contributed by atoms with Gasteiger partial charge in [-0.3, -0.25) is 9.59 Å². The molecule has 0 aliphatic carbocycles. The molecule has 0 saturated heterocycles. The van der Waals surface area contributed by atoms with Crippen molar-refractivity contribution < 1.29 is 14.7 Å². The fourth-order valence-electron chi connectivity index (χ4n) is 2.35. The van der Waals surface area contributed by atoms with Crippen LogP contribution in [0, 0.1) is 0 Å². The molecule has 0 radical (unpaired) electrons. The molecule has 0 spiro atoms. The van der Waals surface area contributed by atoms with Crippen LogP contribution in [0.2, 0.25) is 0 Å². The third kappa shape index (κ3) is 4.84. The monoisotopic (exact) mass is 306 g/mol. The smallest absolute Gasteiger partial charge is 0.312 e. The Labute approximate surface area is 132 Å². The Morgan fingerprint density at radius 2 is 1.68 bits per heavy atom. The normalized spacial score (nSPS) is 11.1. The molecule has 0 heterocycles. The third-order valence-electron chi connectivity index (χ3n) is 3.43. The highest BCUT2D eigenvalue weighted by atomic mass is 16.3. The van der Waals surface area contributed by atoms with E-state index in [0.29, 0.717) is 13.1 Å². The number of hydrogen-bond acceptors (Lipinski definition) is 3. The molecule has 0 saturated carbocycles. The number of likely N-dealkylation sites (N-methyl/N-ethyl adjacent to an activating group) is 1. The van der Waals surface area contributed by atoms with Crippen LogP contribution in [0.25, 0.3) is 0 Å². The third-order valence-corrected chi connectivity index (χ3v) is 3.43. The van der Waals surface area contributed by atoms with Crippen LogP contribution in [-0.2, 0) is 16.1 Å². The van der Waals surface area contributed by atoms with Crippen molar-refractivity contribution in [3.8, 4) is 0 Å². The molecule has 0 aliphatic heterocycles. The quantitative estimate of drug-likeness (QED) is 0.842. The van der Waals surface area contributed by atoms with Gasteiger partial charge >= 0.3 is 11.8 Å². The lowest BCUT2D eigenvalue weighted by Crippen LogP contribution is -2.52. The molecule has 2 amide bonds. The predicted molar refractivity (Wildman–Crippen MR) is 86.1 cm³/mol. The molecule has 5 nitrogen and oxygen atoms in total. The summed E-state index contributed by atoms with van der Waals surface area (Å²) < 4.78 is 0. The molecule has 0 aromatic heterocycles. The SMILES string of the molecule is CCN(C(=O)C(=O)N(CCO)Cc1ccccc1)C(C)(C)C. The molecule has 122 valence electrons. The maximum Gasteiger partial charge on any atom is 0.312 e. The van der Waals surface area contributed by atoms with Gasteiger partial charge in [0.25, 0.3) is 0 Å². The van der Waals surface area contributed by atoms with Crippen molar-refractivity contribution in [2.45, 2.75) is 39.8 Å². The van der Waals surface area contributed by atoms with Crippen LogP contribution in [0.3, 0.4) is 0 Å². The Bertz CT molecular complexity index is 494. The van der Waals surface area contributed by atoms with Gasteiger partial charge in [-0.2, -0.15) is 0 Å². The van der Waals surface area contributed by atoms with Crippen LogP contribution >= 0.6 is 0 Å². The van der Waals surface area contributed by atoms with Crippen molar-refractivity contribution in [1.29, 1.82) is 0 Å². The zero-order chi connectivity index (χ0) is 16.8. The van der Waals surface area contributed by atoms with Gasteiger partial charge in [0.1, 0.15) is 0 Å². The summed E-state index contributed by atoms with van der Waals surface area (Å²) in [5.74, 6) is -1.10. The lowest BCUT2D eigenvalue weighted by Gasteiger charge is -2.35. The van der Waals surface area contributed by atoms with Gasteiger partial charge in [-0.1, -0.05) is 30.3 Å². The van der Waals surface area contributed by atoms with Gasteiger partial charge < -0.3 is 14.9 Å². The number of carbonyl (C=O) groups is 2. The Hall–Kier alpha value is -1.88. The van der Waals surface area contributed by atoms with E-state index in [2.05, 4.69) is 0 Å². The summed E-state index contributed by atoms with van der Waals surface area (Å²) in [5, 5.41) is 9.18. The largest absolute Gasteiger partial charge is 0.395 e. The fourth-order valence-corrected chi connectivity index (χ4v) is 2.35. The van der Waals surface area contributed by atoms with Gasteiger partial charge in [0.05, 0.1) is 6.61 Å². The maximum absolute atomic E-state index is 12.5. The number of amides is 2. The molecule has 1 aromatic rings. The Balaban J connectivity index is 2.90. The molecular formula is C17H26N2O3. The summed E-state index contributed by atoms with van der Waals surface area (Å²) in [7, 11) is 0. The van der Waals surface area contributed by atoms with Crippen LogP contribution in [0.4, 0.5) is 0 Å². The predicted octanol–water partition coefficient (Wildman–Crippen LogP) is 1.65. The molecule has 1 aromatic carbocycles. The first-order valence-electron chi connectivity index (χ1n) is 7.57. The molecule has 0 unspecified atom stereocenters. The molecule has 1 rings (SSSR count). The van der Waals surface area contributed by atoms with Gasteiger partial charge in [0.15, 0.2) is 0 Å². The molecule has 0 aliphatic rings. The molecule has 0 bridgehead atoms. The maximum atomic E-state index is 12.5. The highest BCUT2D eigenvalue weighted by Gasteiger charge is 2.32. The van der Waals surface area contributed by atoms with Crippen molar-refractivity contribution in [1.82, 2.24) is 9.80 Å². The number of carbonyl (C=O) groups excluding carboxylic acids is 2. The highest BCUT2D eigenvalue weighted by molar-refractivity contribution is 6.35. The average Bonchev–Trinajstić information content (AvgIpc) is 2.46. The summed E-state index contributed by atoms with van der Waals surface area (Å²) >= 11 is 0.